The van der Waals surface area contributed by atoms with Gasteiger partial charge in [0.25, 0.3) is 0 Å². The van der Waals surface area contributed by atoms with Crippen LogP contribution in [0.5, 0.6) is 0 Å². The first-order chi connectivity index (χ1) is 26.5. The summed E-state index contributed by atoms with van der Waals surface area (Å²) in [6, 6.07) is -1.00. The Kier molecular flexibility index (Phi) is 17.5. The molecule has 0 bridgehead atoms. The molecule has 3 heterocycles. The van der Waals surface area contributed by atoms with Gasteiger partial charge in [-0.05, 0) is 94.3 Å². The summed E-state index contributed by atoms with van der Waals surface area (Å²) in [6.45, 7) is 14.9. The van der Waals surface area contributed by atoms with Gasteiger partial charge in [-0.15, -0.1) is 0 Å². The number of nitrogens with zero attached hydrogens (tertiary/aromatic N) is 1. The predicted molar refractivity (Wildman–Crippen MR) is 207 cm³/mol. The second kappa shape index (κ2) is 19.8. The molecule has 3 aliphatic heterocycles. The normalized spacial score (nSPS) is 47.0. The molecule has 0 saturated carbocycles. The number of aliphatic hydroxyl groups excluding tert-OH is 2. The Morgan fingerprint density at radius 1 is 0.983 bits per heavy atom. The van der Waals surface area contributed by atoms with E-state index in [1.54, 1.807) is 34.6 Å². The predicted octanol–water partition coefficient (Wildman–Crippen LogP) is 2.08. The highest BCUT2D eigenvalue weighted by Gasteiger charge is 2.58. The molecule has 18 heteroatoms. The lowest BCUT2D eigenvalue weighted by molar-refractivity contribution is -0.336. The Labute approximate surface area is 342 Å². The Hall–Kier alpha value is -1.26. The van der Waals surface area contributed by atoms with Gasteiger partial charge in [-0.25, -0.2) is 0 Å². The fourth-order valence-electron chi connectivity index (χ4n) is 9.15. The Bertz CT molecular complexity index is 1320. The molecular formula is C40H74F3N3O12. The molecule has 3 aliphatic rings. The fourth-order valence-corrected chi connectivity index (χ4v) is 9.15. The number of alkyl halides is 3. The van der Waals surface area contributed by atoms with Gasteiger partial charge in [0, 0.05) is 38.1 Å². The lowest BCUT2D eigenvalue weighted by Crippen LogP contribution is -2.70. The van der Waals surface area contributed by atoms with E-state index in [2.05, 4.69) is 10.6 Å². The largest absolute Gasteiger partial charge is 0.459 e. The summed E-state index contributed by atoms with van der Waals surface area (Å²) in [5, 5.41) is 64.4. The molecule has 342 valence electrons. The summed E-state index contributed by atoms with van der Waals surface area (Å²) in [4.78, 5) is 16.2. The van der Waals surface area contributed by atoms with Crippen LogP contribution < -0.4 is 10.6 Å². The van der Waals surface area contributed by atoms with E-state index in [1.807, 2.05) is 32.8 Å². The first-order valence-electron chi connectivity index (χ1n) is 20.6. The molecule has 7 N–H and O–H groups in total. The van der Waals surface area contributed by atoms with E-state index in [0.29, 0.717) is 13.0 Å². The quantitative estimate of drug-likeness (QED) is 0.158. The number of cyclic esters (lactones) is 1. The van der Waals surface area contributed by atoms with Gasteiger partial charge in [0.2, 0.25) is 0 Å². The number of hydrogen-bond acceptors (Lipinski definition) is 15. The minimum Gasteiger partial charge on any atom is -0.459 e. The van der Waals surface area contributed by atoms with Crippen molar-refractivity contribution < 1.29 is 71.9 Å². The van der Waals surface area contributed by atoms with Gasteiger partial charge in [-0.2, -0.15) is 13.2 Å². The first kappa shape index (κ1) is 51.1. The van der Waals surface area contributed by atoms with Crippen molar-refractivity contribution in [2.75, 3.05) is 40.8 Å². The van der Waals surface area contributed by atoms with Crippen molar-refractivity contribution in [3.05, 3.63) is 0 Å². The average molecular weight is 846 g/mol. The van der Waals surface area contributed by atoms with E-state index < -0.39 is 115 Å². The van der Waals surface area contributed by atoms with Crippen molar-refractivity contribution in [2.24, 2.45) is 17.8 Å². The summed E-state index contributed by atoms with van der Waals surface area (Å²) in [6.07, 6.45) is -13.9. The molecule has 0 aliphatic carbocycles. The van der Waals surface area contributed by atoms with Crippen molar-refractivity contribution in [1.29, 1.82) is 0 Å². The third-order valence-corrected chi connectivity index (χ3v) is 12.9. The van der Waals surface area contributed by atoms with Gasteiger partial charge in [0.15, 0.2) is 12.6 Å². The smallest absolute Gasteiger partial charge is 0.401 e. The van der Waals surface area contributed by atoms with Crippen molar-refractivity contribution >= 4 is 5.97 Å². The summed E-state index contributed by atoms with van der Waals surface area (Å²) in [7, 11) is 4.99. The Balaban J connectivity index is 2.15. The number of methoxy groups -OCH3 is 1. The molecule has 0 aromatic heterocycles. The second-order valence-electron chi connectivity index (χ2n) is 18.2. The lowest BCUT2D eigenvalue weighted by atomic mass is 9.75. The minimum absolute atomic E-state index is 0.128. The molecule has 3 rings (SSSR count). The lowest BCUT2D eigenvalue weighted by Gasteiger charge is -2.53. The molecule has 18 atom stereocenters. The third-order valence-electron chi connectivity index (χ3n) is 12.9. The number of likely N-dealkylation sites (N-methyl/N-ethyl adjacent to an activating group) is 1. The van der Waals surface area contributed by atoms with Gasteiger partial charge in [-0.1, -0.05) is 20.8 Å². The van der Waals surface area contributed by atoms with Crippen molar-refractivity contribution in [3.8, 4) is 0 Å². The summed E-state index contributed by atoms with van der Waals surface area (Å²) >= 11 is 0. The number of rotatable bonds is 10. The van der Waals surface area contributed by atoms with E-state index in [9.17, 15) is 43.5 Å². The van der Waals surface area contributed by atoms with Gasteiger partial charge >= 0.3 is 12.1 Å². The molecular weight excluding hydrogens is 771 g/mol. The minimum atomic E-state index is -4.53. The topological polar surface area (TPSA) is 201 Å². The molecule has 3 fully saturated rings. The number of carbonyl (C=O) groups is 1. The Morgan fingerprint density at radius 2 is 1.60 bits per heavy atom. The second-order valence-corrected chi connectivity index (χ2v) is 18.2. The zero-order valence-corrected chi connectivity index (χ0v) is 36.7. The van der Waals surface area contributed by atoms with Crippen LogP contribution in [0, 0.1) is 17.8 Å². The maximum Gasteiger partial charge on any atom is 0.401 e. The highest BCUT2D eigenvalue weighted by atomic mass is 19.4. The molecule has 0 spiro atoms. The van der Waals surface area contributed by atoms with Gasteiger partial charge in [0.05, 0.1) is 42.5 Å². The van der Waals surface area contributed by atoms with Crippen LogP contribution >= 0.6 is 0 Å². The molecule has 1 unspecified atom stereocenters. The van der Waals surface area contributed by atoms with Crippen LogP contribution in [0.2, 0.25) is 0 Å². The van der Waals surface area contributed by atoms with Crippen molar-refractivity contribution in [3.63, 3.8) is 0 Å². The highest BCUT2D eigenvalue weighted by Crippen LogP contribution is 2.43. The van der Waals surface area contributed by atoms with Crippen molar-refractivity contribution in [2.45, 2.75) is 191 Å². The zero-order chi connectivity index (χ0) is 44.3. The molecule has 0 aromatic rings. The summed E-state index contributed by atoms with van der Waals surface area (Å²) in [5.74, 6) is -3.11. The standard InChI is InChI=1S/C40H74F3N3O12/c1-14-28-38(10,51)32(48)25(6)45-18-21(2)16-36(8,50)33(58-35-30(47)27(46(11)12)15-22(3)54-35)23(4)31(24(5)34(49)56-28)57-29-17-37(9,53-13)39(52,26(7)55-29)19-44-20-40(41,42)43/h21-33,35,44-45,47-48,50-52H,14-20H2,1-13H3/t21-,22-,23+,24-,25-,26+,27+,28?,29+,30-,31+,32-,33-,35+,36-,37-,38-,39-/m1/s1. The number of halogens is 3. The Morgan fingerprint density at radius 3 is 2.16 bits per heavy atom. The first-order valence-corrected chi connectivity index (χ1v) is 20.6. The van der Waals surface area contributed by atoms with Crippen LogP contribution in [0.1, 0.15) is 94.9 Å². The van der Waals surface area contributed by atoms with E-state index in [1.165, 1.54) is 27.9 Å². The van der Waals surface area contributed by atoms with Gasteiger partial charge < -0.3 is 69.5 Å². The van der Waals surface area contributed by atoms with E-state index in [4.69, 9.17) is 28.4 Å². The number of nitrogens with one attached hydrogen (secondary N) is 2. The zero-order valence-electron chi connectivity index (χ0n) is 36.7. The van der Waals surface area contributed by atoms with E-state index >= 15 is 0 Å². The number of esters is 1. The molecule has 0 amide bonds. The van der Waals surface area contributed by atoms with Gasteiger partial charge in [0.1, 0.15) is 35.1 Å². The van der Waals surface area contributed by atoms with E-state index in [0.717, 1.165) is 0 Å². The number of aliphatic hydroxyl groups is 5. The van der Waals surface area contributed by atoms with Crippen LogP contribution in [0.25, 0.3) is 0 Å². The molecule has 15 nitrogen and oxygen atoms in total. The van der Waals surface area contributed by atoms with Crippen LogP contribution in [0.4, 0.5) is 13.2 Å². The molecule has 58 heavy (non-hydrogen) atoms. The molecule has 3 saturated heterocycles. The molecule has 0 radical (unpaired) electrons. The van der Waals surface area contributed by atoms with Crippen molar-refractivity contribution in [1.82, 2.24) is 15.5 Å². The fraction of sp³-hybridized carbons (Fsp3) is 0.975. The van der Waals surface area contributed by atoms with Crippen LogP contribution in [0.15, 0.2) is 0 Å². The van der Waals surface area contributed by atoms with Crippen LogP contribution in [-0.2, 0) is 33.2 Å². The number of hydrogen-bond donors (Lipinski definition) is 7. The molecule has 0 aromatic carbocycles. The summed E-state index contributed by atoms with van der Waals surface area (Å²) in [5.41, 5.74) is -7.05. The average Bonchev–Trinajstić information content (AvgIpc) is 3.11. The maximum atomic E-state index is 14.3. The number of ether oxygens (including phenoxy) is 6. The highest BCUT2D eigenvalue weighted by molar-refractivity contribution is 5.73. The number of carbonyl (C=O) groups excluding carboxylic acids is 1. The van der Waals surface area contributed by atoms with E-state index in [-0.39, 0.29) is 37.3 Å². The maximum absolute atomic E-state index is 14.3. The van der Waals surface area contributed by atoms with Crippen LogP contribution in [0.3, 0.4) is 0 Å². The third kappa shape index (κ3) is 11.8. The monoisotopic (exact) mass is 846 g/mol. The van der Waals surface area contributed by atoms with Crippen LogP contribution in [-0.4, -0.2) is 173 Å². The summed E-state index contributed by atoms with van der Waals surface area (Å²) < 4.78 is 76.8. The van der Waals surface area contributed by atoms with Gasteiger partial charge in [-0.3, -0.25) is 4.79 Å². The SMILES string of the molecule is CCC1OC(=O)[C@H](C)[C@@H](O[C@H]2C[C@@](C)(OC)[C@@](O)(CNCC(F)(F)F)[C@H](C)O2)[C@H](C)[C@@H](O[C@@H]2O[C@H](C)C[C@H](N(C)C)[C@H]2O)[C@](C)(O)C[C@@H](C)CN[C@H](C)[C@@H](O)[C@]1(C)O.